The Labute approximate surface area is 105 Å². The van der Waals surface area contributed by atoms with Gasteiger partial charge in [0.2, 0.25) is 0 Å². The van der Waals surface area contributed by atoms with Gasteiger partial charge in [-0.2, -0.15) is 0 Å². The Hall–Kier alpha value is 0.660. The van der Waals surface area contributed by atoms with E-state index in [0.29, 0.717) is 15.5 Å². The first-order chi connectivity index (χ1) is 6.76. The first-order valence-electron chi connectivity index (χ1n) is 6.09. The van der Waals surface area contributed by atoms with Crippen LogP contribution in [-0.4, -0.2) is 22.1 Å². The Balaban J connectivity index is 5.32. The maximum absolute atomic E-state index is 5.26. The third-order valence-electron chi connectivity index (χ3n) is 2.64. The molecule has 0 aromatic carbocycles. The predicted molar refractivity (Wildman–Crippen MR) is 82.8 cm³/mol. The van der Waals surface area contributed by atoms with Crippen molar-refractivity contribution < 1.29 is 0 Å². The highest BCUT2D eigenvalue weighted by Gasteiger charge is 2.30. The van der Waals surface area contributed by atoms with Crippen LogP contribution in [0.15, 0.2) is 4.52 Å². The zero-order chi connectivity index (χ0) is 13.4. The molecule has 1 nitrogen and oxygen atoms in total. The van der Waals surface area contributed by atoms with Crippen LogP contribution in [0.1, 0.15) is 62.3 Å². The van der Waals surface area contributed by atoms with Crippen LogP contribution in [0, 0.1) is 0 Å². The van der Waals surface area contributed by atoms with Gasteiger partial charge in [0.05, 0.1) is 0 Å². The van der Waals surface area contributed by atoms with Crippen molar-refractivity contribution in [3.05, 3.63) is 0 Å². The summed E-state index contributed by atoms with van der Waals surface area (Å²) in [7, 11) is -0.923. The molecule has 0 rings (SSSR count). The summed E-state index contributed by atoms with van der Waals surface area (Å²) in [4.78, 5) is 0. The van der Waals surface area contributed by atoms with E-state index in [4.69, 9.17) is 4.52 Å². The Morgan fingerprint density at radius 2 is 1.06 bits per heavy atom. The molecular formula is C13H31NP2. The first-order valence-corrected chi connectivity index (χ1v) is 9.28. The normalized spacial score (nSPS) is 16.4. The molecule has 0 fully saturated rings. The van der Waals surface area contributed by atoms with Crippen molar-refractivity contribution in [2.45, 2.75) is 77.8 Å². The van der Waals surface area contributed by atoms with E-state index in [1.54, 1.807) is 0 Å². The van der Waals surface area contributed by atoms with Gasteiger partial charge in [-0.15, -0.1) is 0 Å². The molecule has 0 aromatic heterocycles. The zero-order valence-electron chi connectivity index (χ0n) is 12.9. The second kappa shape index (κ2) is 5.11. The van der Waals surface area contributed by atoms with Crippen molar-refractivity contribution in [1.82, 2.24) is 0 Å². The fourth-order valence-corrected chi connectivity index (χ4v) is 8.78. The quantitative estimate of drug-likeness (QED) is 0.530. The van der Waals surface area contributed by atoms with Crippen LogP contribution in [-0.2, 0) is 0 Å². The standard InChI is InChI=1S/C13H31NP2/c1-11(2,3)15(10)14-16(12(4,5)6)13(7,8)9/h16H,1-10H3. The smallest absolute Gasteiger partial charge is 0.0159 e. The van der Waals surface area contributed by atoms with Gasteiger partial charge in [0, 0.05) is 13.2 Å². The van der Waals surface area contributed by atoms with Gasteiger partial charge in [-0.3, -0.25) is 4.52 Å². The second-order valence-electron chi connectivity index (χ2n) is 7.64. The van der Waals surface area contributed by atoms with Crippen LogP contribution in [0.4, 0.5) is 0 Å². The van der Waals surface area contributed by atoms with E-state index in [1.807, 2.05) is 0 Å². The molecule has 0 bridgehead atoms. The highest BCUT2D eigenvalue weighted by molar-refractivity contribution is 7.65. The van der Waals surface area contributed by atoms with E-state index in [0.717, 1.165) is 0 Å². The molecule has 98 valence electrons. The summed E-state index contributed by atoms with van der Waals surface area (Å²) in [6.07, 6.45) is 0. The lowest BCUT2D eigenvalue weighted by Crippen LogP contribution is -2.21. The Morgan fingerprint density at radius 1 is 0.750 bits per heavy atom. The van der Waals surface area contributed by atoms with Gasteiger partial charge in [0.25, 0.3) is 0 Å². The molecule has 0 amide bonds. The maximum atomic E-state index is 5.26. The molecule has 0 spiro atoms. The van der Waals surface area contributed by atoms with Gasteiger partial charge in [0.1, 0.15) is 0 Å². The Bertz CT molecular complexity index is 245. The van der Waals surface area contributed by atoms with Crippen molar-refractivity contribution in [3.63, 3.8) is 0 Å². The maximum Gasteiger partial charge on any atom is 0.0159 e. The summed E-state index contributed by atoms with van der Waals surface area (Å²) in [6.45, 7) is 23.4. The zero-order valence-corrected chi connectivity index (χ0v) is 14.8. The van der Waals surface area contributed by atoms with Crippen molar-refractivity contribution in [2.24, 2.45) is 4.52 Å². The lowest BCUT2D eigenvalue weighted by Gasteiger charge is -2.36. The highest BCUT2D eigenvalue weighted by atomic mass is 31.2. The Kier molecular flexibility index (Phi) is 5.32. The molecule has 1 atom stereocenters. The monoisotopic (exact) mass is 263 g/mol. The summed E-state index contributed by atoms with van der Waals surface area (Å²) in [5.41, 5.74) is 0. The molecule has 1 unspecified atom stereocenters. The van der Waals surface area contributed by atoms with Gasteiger partial charge in [-0.1, -0.05) is 62.3 Å². The first kappa shape index (κ1) is 16.7. The number of nitrogens with zero attached hydrogens (tertiary/aromatic N) is 1. The summed E-state index contributed by atoms with van der Waals surface area (Å²) in [5, 5.41) is 1.05. The molecule has 0 saturated carbocycles. The van der Waals surface area contributed by atoms with Gasteiger partial charge in [0.15, 0.2) is 0 Å². The van der Waals surface area contributed by atoms with Crippen molar-refractivity contribution in [2.75, 3.05) is 6.66 Å². The van der Waals surface area contributed by atoms with Crippen LogP contribution in [0.2, 0.25) is 0 Å². The fourth-order valence-electron chi connectivity index (χ4n) is 1.72. The molecule has 16 heavy (non-hydrogen) atoms. The lowest BCUT2D eigenvalue weighted by molar-refractivity contribution is 0.714. The molecule has 0 radical (unpaired) electrons. The van der Waals surface area contributed by atoms with Crippen molar-refractivity contribution in [3.8, 4) is 0 Å². The van der Waals surface area contributed by atoms with E-state index < -0.39 is 7.71 Å². The molecule has 3 heteroatoms. The van der Waals surface area contributed by atoms with Crippen LogP contribution < -0.4 is 0 Å². The predicted octanol–water partition coefficient (Wildman–Crippen LogP) is 5.81. The highest BCUT2D eigenvalue weighted by Crippen LogP contribution is 2.61. The Morgan fingerprint density at radius 3 is 1.25 bits per heavy atom. The molecule has 0 aliphatic rings. The molecular weight excluding hydrogens is 232 g/mol. The third-order valence-corrected chi connectivity index (χ3v) is 9.42. The van der Waals surface area contributed by atoms with Crippen LogP contribution in [0.25, 0.3) is 0 Å². The SMILES string of the molecule is CP(N=[PH](C(C)(C)C)C(C)(C)C)C(C)(C)C. The van der Waals surface area contributed by atoms with Crippen molar-refractivity contribution in [1.29, 1.82) is 0 Å². The average molecular weight is 263 g/mol. The number of rotatable bonds is 1. The number of hydrogen-bond donors (Lipinski definition) is 0. The summed E-state index contributed by atoms with van der Waals surface area (Å²) in [5.74, 6) is 0. The second-order valence-corrected chi connectivity index (χ2v) is 14.5. The minimum absolute atomic E-state index is 0.219. The molecule has 0 aromatic rings. The van der Waals surface area contributed by atoms with Gasteiger partial charge in [-0.05, 0) is 24.7 Å². The average Bonchev–Trinajstić information content (AvgIpc) is 1.92. The molecule has 0 heterocycles. The van der Waals surface area contributed by atoms with E-state index in [1.165, 1.54) is 0 Å². The van der Waals surface area contributed by atoms with E-state index in [-0.39, 0.29) is 8.07 Å². The fraction of sp³-hybridized carbons (Fsp3) is 1.00. The largest absolute Gasteiger partial charge is 0.282 e. The molecule has 0 aliphatic heterocycles. The minimum atomic E-state index is -0.703. The van der Waals surface area contributed by atoms with E-state index >= 15 is 0 Å². The summed E-state index contributed by atoms with van der Waals surface area (Å²) >= 11 is 0. The van der Waals surface area contributed by atoms with Gasteiger partial charge < -0.3 is 0 Å². The van der Waals surface area contributed by atoms with Crippen LogP contribution in [0.5, 0.6) is 0 Å². The topological polar surface area (TPSA) is 12.4 Å². The molecule has 0 saturated heterocycles. The lowest BCUT2D eigenvalue weighted by atomic mass is 10.2. The van der Waals surface area contributed by atoms with Crippen molar-refractivity contribution >= 4 is 15.8 Å². The van der Waals surface area contributed by atoms with Crippen LogP contribution >= 0.6 is 15.8 Å². The van der Waals surface area contributed by atoms with Gasteiger partial charge >= 0.3 is 0 Å². The van der Waals surface area contributed by atoms with E-state index in [9.17, 15) is 0 Å². The van der Waals surface area contributed by atoms with Crippen LogP contribution in [0.3, 0.4) is 0 Å². The minimum Gasteiger partial charge on any atom is -0.282 e. The summed E-state index contributed by atoms with van der Waals surface area (Å²) in [6, 6.07) is 0. The van der Waals surface area contributed by atoms with E-state index in [2.05, 4.69) is 69.0 Å². The number of hydrogen-bond acceptors (Lipinski definition) is 1. The molecule has 0 aliphatic carbocycles. The molecule has 0 N–H and O–H groups in total. The summed E-state index contributed by atoms with van der Waals surface area (Å²) < 4.78 is 5.26. The van der Waals surface area contributed by atoms with Gasteiger partial charge in [-0.25, -0.2) is 0 Å². The third kappa shape index (κ3) is 5.33.